The Morgan fingerprint density at radius 2 is 2.37 bits per heavy atom. The van der Waals surface area contributed by atoms with Crippen LogP contribution in [0.4, 0.5) is 5.69 Å². The Balaban J connectivity index is 2.17. The number of nitrogens with zero attached hydrogens (tertiary/aromatic N) is 4. The summed E-state index contributed by atoms with van der Waals surface area (Å²) in [6, 6.07) is 3.64. The molecule has 0 amide bonds. The fourth-order valence-electron chi connectivity index (χ4n) is 1.66. The van der Waals surface area contributed by atoms with E-state index in [1.807, 2.05) is 30.3 Å². The van der Waals surface area contributed by atoms with Gasteiger partial charge >= 0.3 is 0 Å². The highest BCUT2D eigenvalue weighted by molar-refractivity contribution is 7.09. The van der Waals surface area contributed by atoms with Crippen molar-refractivity contribution in [3.05, 3.63) is 40.1 Å². The third-order valence-corrected chi connectivity index (χ3v) is 3.44. The molecule has 19 heavy (non-hydrogen) atoms. The standard InChI is InChI=1S/C12H15N5OS/c1-8-15-9(7-19-8)6-17(2)10-3-4-14-11(5-10)12(13)16-18/h3-5,7,18H,6H2,1-2H3,(H2,13,16). The second-order valence-corrected chi connectivity index (χ2v) is 5.16. The largest absolute Gasteiger partial charge is 0.409 e. The van der Waals surface area contributed by atoms with E-state index in [1.54, 1.807) is 23.6 Å². The average molecular weight is 277 g/mol. The Morgan fingerprint density at radius 3 is 3.00 bits per heavy atom. The first-order chi connectivity index (χ1) is 9.10. The lowest BCUT2D eigenvalue weighted by Crippen LogP contribution is -2.19. The number of aryl methyl sites for hydroxylation is 1. The van der Waals surface area contributed by atoms with Gasteiger partial charge in [-0.3, -0.25) is 4.98 Å². The molecule has 0 aromatic carbocycles. The molecule has 0 atom stereocenters. The van der Waals surface area contributed by atoms with Crippen molar-refractivity contribution in [3.8, 4) is 0 Å². The molecule has 2 rings (SSSR count). The van der Waals surface area contributed by atoms with Gasteiger partial charge in [0.1, 0.15) is 5.69 Å². The molecule has 0 radical (unpaired) electrons. The molecule has 0 aliphatic carbocycles. The lowest BCUT2D eigenvalue weighted by Gasteiger charge is -2.18. The first-order valence-corrected chi connectivity index (χ1v) is 6.54. The Morgan fingerprint density at radius 1 is 1.58 bits per heavy atom. The number of hydrogen-bond donors (Lipinski definition) is 2. The number of anilines is 1. The Hall–Kier alpha value is -2.15. The van der Waals surface area contributed by atoms with Crippen molar-refractivity contribution < 1.29 is 5.21 Å². The monoisotopic (exact) mass is 277 g/mol. The average Bonchev–Trinajstić information content (AvgIpc) is 2.83. The zero-order valence-corrected chi connectivity index (χ0v) is 11.6. The summed E-state index contributed by atoms with van der Waals surface area (Å²) < 4.78 is 0. The van der Waals surface area contributed by atoms with Crippen LogP contribution >= 0.6 is 11.3 Å². The Kier molecular flexibility index (Phi) is 3.96. The summed E-state index contributed by atoms with van der Waals surface area (Å²) in [5.41, 5.74) is 7.93. The summed E-state index contributed by atoms with van der Waals surface area (Å²) >= 11 is 1.63. The number of hydrogen-bond acceptors (Lipinski definition) is 6. The zero-order chi connectivity index (χ0) is 13.8. The first kappa shape index (κ1) is 13.3. The quantitative estimate of drug-likeness (QED) is 0.383. The summed E-state index contributed by atoms with van der Waals surface area (Å²) in [7, 11) is 1.96. The predicted octanol–water partition coefficient (Wildman–Crippen LogP) is 1.58. The van der Waals surface area contributed by atoms with Crippen molar-refractivity contribution >= 4 is 22.9 Å². The van der Waals surface area contributed by atoms with Crippen LogP contribution < -0.4 is 10.6 Å². The third-order valence-electron chi connectivity index (χ3n) is 2.62. The van der Waals surface area contributed by atoms with Crippen LogP contribution in [-0.2, 0) is 6.54 Å². The number of nitrogens with two attached hydrogens (primary N) is 1. The van der Waals surface area contributed by atoms with E-state index in [0.717, 1.165) is 16.4 Å². The van der Waals surface area contributed by atoms with Crippen LogP contribution in [0.2, 0.25) is 0 Å². The normalized spacial score (nSPS) is 11.6. The number of pyridine rings is 1. The maximum atomic E-state index is 8.66. The van der Waals surface area contributed by atoms with Crippen molar-refractivity contribution in [3.63, 3.8) is 0 Å². The van der Waals surface area contributed by atoms with Gasteiger partial charge in [-0.2, -0.15) is 0 Å². The summed E-state index contributed by atoms with van der Waals surface area (Å²) in [4.78, 5) is 10.5. The summed E-state index contributed by atoms with van der Waals surface area (Å²) in [6.45, 7) is 2.68. The summed E-state index contributed by atoms with van der Waals surface area (Å²) in [5, 5.41) is 14.7. The third kappa shape index (κ3) is 3.19. The highest BCUT2D eigenvalue weighted by Crippen LogP contribution is 2.17. The second-order valence-electron chi connectivity index (χ2n) is 4.10. The van der Waals surface area contributed by atoms with Gasteiger partial charge in [-0.25, -0.2) is 4.98 Å². The topological polar surface area (TPSA) is 87.6 Å². The van der Waals surface area contributed by atoms with Gasteiger partial charge in [0.15, 0.2) is 5.84 Å². The minimum atomic E-state index is -0.000229. The van der Waals surface area contributed by atoms with Crippen LogP contribution in [0.15, 0.2) is 28.9 Å². The molecule has 2 aromatic heterocycles. The maximum absolute atomic E-state index is 8.66. The molecule has 2 aromatic rings. The molecule has 0 aliphatic rings. The van der Waals surface area contributed by atoms with Crippen LogP contribution in [0.3, 0.4) is 0 Å². The van der Waals surface area contributed by atoms with Crippen LogP contribution in [0.25, 0.3) is 0 Å². The van der Waals surface area contributed by atoms with Gasteiger partial charge in [0.25, 0.3) is 0 Å². The van der Waals surface area contributed by atoms with E-state index in [4.69, 9.17) is 10.9 Å². The van der Waals surface area contributed by atoms with Crippen LogP contribution in [0.5, 0.6) is 0 Å². The SMILES string of the molecule is Cc1nc(CN(C)c2ccnc(/C(N)=N/O)c2)cs1. The van der Waals surface area contributed by atoms with Crippen molar-refractivity contribution in [1.82, 2.24) is 9.97 Å². The van der Waals surface area contributed by atoms with Crippen molar-refractivity contribution in [2.45, 2.75) is 13.5 Å². The lowest BCUT2D eigenvalue weighted by molar-refractivity contribution is 0.318. The van der Waals surface area contributed by atoms with Crippen LogP contribution in [-0.4, -0.2) is 28.1 Å². The van der Waals surface area contributed by atoms with E-state index in [2.05, 4.69) is 15.1 Å². The van der Waals surface area contributed by atoms with Gasteiger partial charge in [0.2, 0.25) is 0 Å². The highest BCUT2D eigenvalue weighted by atomic mass is 32.1. The van der Waals surface area contributed by atoms with Gasteiger partial charge in [-0.1, -0.05) is 5.16 Å². The molecule has 3 N–H and O–H groups in total. The summed E-state index contributed by atoms with van der Waals surface area (Å²) in [5.74, 6) is -0.000229. The van der Waals surface area contributed by atoms with E-state index < -0.39 is 0 Å². The van der Waals surface area contributed by atoms with Gasteiger partial charge in [0.05, 0.1) is 17.2 Å². The van der Waals surface area contributed by atoms with Crippen molar-refractivity contribution in [2.24, 2.45) is 10.9 Å². The number of oxime groups is 1. The first-order valence-electron chi connectivity index (χ1n) is 5.66. The molecular weight excluding hydrogens is 262 g/mol. The van der Waals surface area contributed by atoms with Gasteiger partial charge in [0, 0.05) is 24.3 Å². The number of rotatable bonds is 4. The molecule has 0 fully saturated rings. The molecule has 0 saturated carbocycles. The minimum Gasteiger partial charge on any atom is -0.409 e. The number of amidine groups is 1. The van der Waals surface area contributed by atoms with Crippen LogP contribution in [0.1, 0.15) is 16.4 Å². The van der Waals surface area contributed by atoms with E-state index in [1.165, 1.54) is 0 Å². The smallest absolute Gasteiger partial charge is 0.188 e. The fourth-order valence-corrected chi connectivity index (χ4v) is 2.27. The van der Waals surface area contributed by atoms with E-state index in [-0.39, 0.29) is 5.84 Å². The van der Waals surface area contributed by atoms with Crippen LogP contribution in [0, 0.1) is 6.92 Å². The van der Waals surface area contributed by atoms with Crippen molar-refractivity contribution in [1.29, 1.82) is 0 Å². The summed E-state index contributed by atoms with van der Waals surface area (Å²) in [6.07, 6.45) is 1.63. The lowest BCUT2D eigenvalue weighted by atomic mass is 10.2. The van der Waals surface area contributed by atoms with E-state index in [0.29, 0.717) is 12.2 Å². The second kappa shape index (κ2) is 5.66. The fraction of sp³-hybridized carbons (Fsp3) is 0.250. The molecule has 2 heterocycles. The number of aromatic nitrogens is 2. The molecular formula is C12H15N5OS. The molecule has 0 saturated heterocycles. The van der Waals surface area contributed by atoms with Gasteiger partial charge in [-0.15, -0.1) is 11.3 Å². The molecule has 7 heteroatoms. The molecule has 0 unspecified atom stereocenters. The molecule has 0 bridgehead atoms. The number of thiazole rings is 1. The Bertz CT molecular complexity index is 595. The Labute approximate surface area is 115 Å². The molecule has 0 aliphatic heterocycles. The zero-order valence-electron chi connectivity index (χ0n) is 10.7. The van der Waals surface area contributed by atoms with E-state index in [9.17, 15) is 0 Å². The molecule has 0 spiro atoms. The van der Waals surface area contributed by atoms with Gasteiger partial charge < -0.3 is 15.8 Å². The molecule has 6 nitrogen and oxygen atoms in total. The molecule has 100 valence electrons. The predicted molar refractivity (Wildman–Crippen MR) is 75.7 cm³/mol. The van der Waals surface area contributed by atoms with Crippen molar-refractivity contribution in [2.75, 3.05) is 11.9 Å². The maximum Gasteiger partial charge on any atom is 0.188 e. The highest BCUT2D eigenvalue weighted by Gasteiger charge is 2.08. The van der Waals surface area contributed by atoms with E-state index >= 15 is 0 Å². The van der Waals surface area contributed by atoms with Gasteiger partial charge in [-0.05, 0) is 19.1 Å². The minimum absolute atomic E-state index is 0.000229.